The standard InChI is InChI=1S/C13H17ClN6O2/c1-4-19-6-10(12(18-19)13(22)15-3)17-11(21)7-20-8(2)9(14)5-16-20/h5-6H,4,7H2,1-3H3,(H,15,22)(H,17,21). The summed E-state index contributed by atoms with van der Waals surface area (Å²) in [5.41, 5.74) is 1.24. The molecule has 0 unspecified atom stereocenters. The predicted octanol–water partition coefficient (Wildman–Crippen LogP) is 1.06. The maximum Gasteiger partial charge on any atom is 0.273 e. The van der Waals surface area contributed by atoms with E-state index in [9.17, 15) is 9.59 Å². The van der Waals surface area contributed by atoms with E-state index in [1.165, 1.54) is 17.9 Å². The van der Waals surface area contributed by atoms with Gasteiger partial charge in [-0.2, -0.15) is 10.2 Å². The molecule has 0 spiro atoms. The molecule has 0 aromatic carbocycles. The lowest BCUT2D eigenvalue weighted by molar-refractivity contribution is -0.116. The number of carbonyl (C=O) groups excluding carboxylic acids is 2. The first-order valence-electron chi connectivity index (χ1n) is 6.73. The van der Waals surface area contributed by atoms with E-state index in [0.29, 0.717) is 22.9 Å². The highest BCUT2D eigenvalue weighted by Crippen LogP contribution is 2.15. The van der Waals surface area contributed by atoms with Gasteiger partial charge < -0.3 is 10.6 Å². The van der Waals surface area contributed by atoms with Gasteiger partial charge in [-0.25, -0.2) is 0 Å². The third-order valence-corrected chi connectivity index (χ3v) is 3.51. The van der Waals surface area contributed by atoms with Crippen LogP contribution in [0.1, 0.15) is 23.1 Å². The fraction of sp³-hybridized carbons (Fsp3) is 0.385. The second-order valence-corrected chi connectivity index (χ2v) is 5.02. The van der Waals surface area contributed by atoms with Crippen molar-refractivity contribution >= 4 is 29.1 Å². The number of amides is 2. The number of hydrogen-bond acceptors (Lipinski definition) is 4. The van der Waals surface area contributed by atoms with Gasteiger partial charge in [0, 0.05) is 19.8 Å². The van der Waals surface area contributed by atoms with Crippen LogP contribution in [0.15, 0.2) is 12.4 Å². The molecule has 0 aliphatic heterocycles. The van der Waals surface area contributed by atoms with E-state index in [-0.39, 0.29) is 24.1 Å². The minimum absolute atomic E-state index is 0.00302. The van der Waals surface area contributed by atoms with Crippen LogP contribution in [0.5, 0.6) is 0 Å². The summed E-state index contributed by atoms with van der Waals surface area (Å²) in [7, 11) is 1.51. The van der Waals surface area contributed by atoms with Crippen molar-refractivity contribution in [3.8, 4) is 0 Å². The molecule has 0 radical (unpaired) electrons. The molecular weight excluding hydrogens is 308 g/mol. The Hall–Kier alpha value is -2.35. The first-order chi connectivity index (χ1) is 10.5. The summed E-state index contributed by atoms with van der Waals surface area (Å²) in [6.45, 7) is 4.26. The van der Waals surface area contributed by atoms with Crippen LogP contribution in [0.25, 0.3) is 0 Å². The minimum Gasteiger partial charge on any atom is -0.354 e. The summed E-state index contributed by atoms with van der Waals surface area (Å²) in [6.07, 6.45) is 3.10. The van der Waals surface area contributed by atoms with Gasteiger partial charge in [0.05, 0.1) is 22.6 Å². The highest BCUT2D eigenvalue weighted by Gasteiger charge is 2.18. The SMILES string of the molecule is CCn1cc(NC(=O)Cn2ncc(Cl)c2C)c(C(=O)NC)n1. The number of carbonyl (C=O) groups is 2. The fourth-order valence-electron chi connectivity index (χ4n) is 1.87. The van der Waals surface area contributed by atoms with Gasteiger partial charge in [-0.1, -0.05) is 11.6 Å². The van der Waals surface area contributed by atoms with Crippen molar-refractivity contribution in [2.75, 3.05) is 12.4 Å². The topological polar surface area (TPSA) is 93.8 Å². The lowest BCUT2D eigenvalue weighted by atomic mass is 10.3. The van der Waals surface area contributed by atoms with E-state index in [4.69, 9.17) is 11.6 Å². The van der Waals surface area contributed by atoms with Gasteiger partial charge in [0.15, 0.2) is 5.69 Å². The van der Waals surface area contributed by atoms with Crippen molar-refractivity contribution in [3.63, 3.8) is 0 Å². The van der Waals surface area contributed by atoms with Crippen LogP contribution in [0, 0.1) is 6.92 Å². The van der Waals surface area contributed by atoms with Crippen molar-refractivity contribution in [2.45, 2.75) is 26.9 Å². The lowest BCUT2D eigenvalue weighted by Crippen LogP contribution is -2.24. The Bertz CT molecular complexity index is 705. The Morgan fingerprint density at radius 2 is 2.14 bits per heavy atom. The van der Waals surface area contributed by atoms with E-state index in [1.54, 1.807) is 17.8 Å². The van der Waals surface area contributed by atoms with Gasteiger partial charge >= 0.3 is 0 Å². The molecule has 118 valence electrons. The molecule has 0 saturated carbocycles. The summed E-state index contributed by atoms with van der Waals surface area (Å²) in [5, 5.41) is 13.8. The van der Waals surface area contributed by atoms with E-state index >= 15 is 0 Å². The quantitative estimate of drug-likeness (QED) is 0.860. The molecule has 2 aromatic heterocycles. The Labute approximate surface area is 132 Å². The summed E-state index contributed by atoms with van der Waals surface area (Å²) < 4.78 is 3.07. The molecule has 2 N–H and O–H groups in total. The molecular formula is C13H17ClN6O2. The maximum absolute atomic E-state index is 12.1. The predicted molar refractivity (Wildman–Crippen MR) is 81.9 cm³/mol. The van der Waals surface area contributed by atoms with Crippen LogP contribution < -0.4 is 10.6 Å². The molecule has 0 atom stereocenters. The number of aryl methyl sites for hydroxylation is 1. The average Bonchev–Trinajstić information content (AvgIpc) is 3.04. The van der Waals surface area contributed by atoms with Crippen LogP contribution in [0.3, 0.4) is 0 Å². The van der Waals surface area contributed by atoms with Gasteiger partial charge in [0.2, 0.25) is 5.91 Å². The maximum atomic E-state index is 12.1. The number of halogens is 1. The molecule has 2 aromatic rings. The molecule has 2 heterocycles. The first kappa shape index (κ1) is 16.0. The molecule has 9 heteroatoms. The van der Waals surface area contributed by atoms with Gasteiger partial charge in [0.1, 0.15) is 6.54 Å². The zero-order chi connectivity index (χ0) is 16.3. The highest BCUT2D eigenvalue weighted by molar-refractivity contribution is 6.31. The number of nitrogens with zero attached hydrogens (tertiary/aromatic N) is 4. The Kier molecular flexibility index (Phi) is 4.81. The van der Waals surface area contributed by atoms with Crippen molar-refractivity contribution < 1.29 is 9.59 Å². The van der Waals surface area contributed by atoms with Gasteiger partial charge in [-0.3, -0.25) is 19.0 Å². The van der Waals surface area contributed by atoms with Crippen LogP contribution in [0.2, 0.25) is 5.02 Å². The lowest BCUT2D eigenvalue weighted by Gasteiger charge is -2.06. The molecule has 0 fully saturated rings. The molecule has 8 nitrogen and oxygen atoms in total. The molecule has 0 bridgehead atoms. The van der Waals surface area contributed by atoms with E-state index in [2.05, 4.69) is 20.8 Å². The summed E-state index contributed by atoms with van der Waals surface area (Å²) in [5.74, 6) is -0.676. The monoisotopic (exact) mass is 324 g/mol. The van der Waals surface area contributed by atoms with Gasteiger partial charge in [-0.15, -0.1) is 0 Å². The Morgan fingerprint density at radius 3 is 2.68 bits per heavy atom. The molecule has 2 amide bonds. The number of hydrogen-bond donors (Lipinski definition) is 2. The summed E-state index contributed by atoms with van der Waals surface area (Å²) >= 11 is 5.90. The van der Waals surface area contributed by atoms with Crippen LogP contribution in [-0.2, 0) is 17.9 Å². The van der Waals surface area contributed by atoms with Gasteiger partial charge in [0.25, 0.3) is 5.91 Å². The zero-order valence-corrected chi connectivity index (χ0v) is 13.3. The molecule has 0 aliphatic rings. The third kappa shape index (κ3) is 3.28. The minimum atomic E-state index is -0.360. The Balaban J connectivity index is 2.15. The number of rotatable bonds is 5. The number of aromatic nitrogens is 4. The van der Waals surface area contributed by atoms with Gasteiger partial charge in [-0.05, 0) is 13.8 Å². The van der Waals surface area contributed by atoms with Crippen LogP contribution >= 0.6 is 11.6 Å². The normalized spacial score (nSPS) is 10.5. The summed E-state index contributed by atoms with van der Waals surface area (Å²) in [4.78, 5) is 23.9. The summed E-state index contributed by atoms with van der Waals surface area (Å²) in [6, 6.07) is 0. The van der Waals surface area contributed by atoms with Crippen molar-refractivity contribution in [1.82, 2.24) is 24.9 Å². The second-order valence-electron chi connectivity index (χ2n) is 4.61. The molecule has 0 aliphatic carbocycles. The smallest absolute Gasteiger partial charge is 0.273 e. The molecule has 0 saturated heterocycles. The highest BCUT2D eigenvalue weighted by atomic mass is 35.5. The largest absolute Gasteiger partial charge is 0.354 e. The molecule has 2 rings (SSSR count). The number of nitrogens with one attached hydrogen (secondary N) is 2. The first-order valence-corrected chi connectivity index (χ1v) is 7.11. The van der Waals surface area contributed by atoms with Crippen molar-refractivity contribution in [1.29, 1.82) is 0 Å². The fourth-order valence-corrected chi connectivity index (χ4v) is 2.01. The van der Waals surface area contributed by atoms with Crippen molar-refractivity contribution in [3.05, 3.63) is 28.8 Å². The van der Waals surface area contributed by atoms with E-state index in [1.807, 2.05) is 6.92 Å². The zero-order valence-electron chi connectivity index (χ0n) is 12.6. The van der Waals surface area contributed by atoms with Crippen molar-refractivity contribution in [2.24, 2.45) is 0 Å². The van der Waals surface area contributed by atoms with E-state index in [0.717, 1.165) is 0 Å². The molecule has 22 heavy (non-hydrogen) atoms. The third-order valence-electron chi connectivity index (χ3n) is 3.14. The average molecular weight is 325 g/mol. The van der Waals surface area contributed by atoms with Crippen LogP contribution in [-0.4, -0.2) is 38.4 Å². The number of anilines is 1. The van der Waals surface area contributed by atoms with Crippen LogP contribution in [0.4, 0.5) is 5.69 Å². The Morgan fingerprint density at radius 1 is 1.41 bits per heavy atom. The second kappa shape index (κ2) is 6.61. The van der Waals surface area contributed by atoms with E-state index < -0.39 is 0 Å².